The van der Waals surface area contributed by atoms with E-state index in [9.17, 15) is 9.59 Å². The van der Waals surface area contributed by atoms with Crippen molar-refractivity contribution in [2.45, 2.75) is 42.9 Å². The lowest BCUT2D eigenvalue weighted by molar-refractivity contribution is -0.115. The van der Waals surface area contributed by atoms with Crippen LogP contribution in [0.2, 0.25) is 0 Å². The van der Waals surface area contributed by atoms with E-state index in [4.69, 9.17) is 5.73 Å². The largest absolute Gasteiger partial charge is 0.339 e. The van der Waals surface area contributed by atoms with Gasteiger partial charge in [0.2, 0.25) is 5.91 Å². The zero-order valence-corrected chi connectivity index (χ0v) is 14.4. The second-order valence-electron chi connectivity index (χ2n) is 6.45. The molecule has 2 aliphatic heterocycles. The van der Waals surface area contributed by atoms with Gasteiger partial charge in [-0.2, -0.15) is 0 Å². The summed E-state index contributed by atoms with van der Waals surface area (Å²) in [7, 11) is 0. The molecule has 0 aromatic heterocycles. The molecular weight excluding hydrogens is 310 g/mol. The normalized spacial score (nSPS) is 23.2. The molecule has 0 radical (unpaired) electrons. The predicted molar refractivity (Wildman–Crippen MR) is 92.7 cm³/mol. The Morgan fingerprint density at radius 3 is 2.74 bits per heavy atom. The molecule has 5 nitrogen and oxygen atoms in total. The number of hydrogen-bond donors (Lipinski definition) is 2. The topological polar surface area (TPSA) is 75.4 Å². The molecule has 1 aromatic carbocycles. The fourth-order valence-corrected chi connectivity index (χ4v) is 4.08. The van der Waals surface area contributed by atoms with Crippen LogP contribution in [-0.2, 0) is 4.79 Å². The van der Waals surface area contributed by atoms with Gasteiger partial charge in [-0.25, -0.2) is 0 Å². The highest BCUT2D eigenvalue weighted by Gasteiger charge is 2.27. The molecule has 2 unspecified atom stereocenters. The van der Waals surface area contributed by atoms with Crippen LogP contribution in [0.1, 0.15) is 37.0 Å². The quantitative estimate of drug-likeness (QED) is 0.871. The van der Waals surface area contributed by atoms with Crippen LogP contribution < -0.4 is 11.1 Å². The molecule has 1 saturated heterocycles. The fraction of sp³-hybridized carbons (Fsp3) is 0.529. The highest BCUT2D eigenvalue weighted by Crippen LogP contribution is 2.36. The summed E-state index contributed by atoms with van der Waals surface area (Å²) in [4.78, 5) is 27.4. The van der Waals surface area contributed by atoms with E-state index in [1.54, 1.807) is 6.07 Å². The van der Waals surface area contributed by atoms with Crippen LogP contribution in [0.5, 0.6) is 0 Å². The van der Waals surface area contributed by atoms with Gasteiger partial charge in [-0.05, 0) is 50.8 Å². The maximum Gasteiger partial charge on any atom is 0.253 e. The molecule has 0 spiro atoms. The van der Waals surface area contributed by atoms with Crippen molar-refractivity contribution in [2.24, 2.45) is 11.7 Å². The third kappa shape index (κ3) is 3.38. The number of likely N-dealkylation sites (tertiary alicyclic amines) is 1. The number of hydrogen-bond acceptors (Lipinski definition) is 4. The first-order valence-electron chi connectivity index (χ1n) is 8.12. The standard InChI is InChI=1S/C17H23N3O2S/c1-10(18)12-5-7-20(8-6-12)17(22)13-3-4-15-14(9-13)19-16(21)11(2)23-15/h3-4,9-12H,5-8,18H2,1-2H3,(H,19,21). The number of fused-ring (bicyclic) bond motifs is 1. The van der Waals surface area contributed by atoms with Gasteiger partial charge in [-0.1, -0.05) is 0 Å². The van der Waals surface area contributed by atoms with Crippen molar-refractivity contribution in [3.8, 4) is 0 Å². The number of benzene rings is 1. The number of rotatable bonds is 2. The van der Waals surface area contributed by atoms with E-state index in [-0.39, 0.29) is 23.1 Å². The molecule has 3 N–H and O–H groups in total. The number of nitrogens with zero attached hydrogens (tertiary/aromatic N) is 1. The summed E-state index contributed by atoms with van der Waals surface area (Å²) < 4.78 is 0. The zero-order valence-electron chi connectivity index (χ0n) is 13.5. The minimum Gasteiger partial charge on any atom is -0.339 e. The van der Waals surface area contributed by atoms with Gasteiger partial charge >= 0.3 is 0 Å². The molecule has 6 heteroatoms. The van der Waals surface area contributed by atoms with E-state index in [1.165, 1.54) is 11.8 Å². The van der Waals surface area contributed by atoms with Gasteiger partial charge in [0.25, 0.3) is 5.91 Å². The van der Waals surface area contributed by atoms with Crippen molar-refractivity contribution in [3.63, 3.8) is 0 Å². The smallest absolute Gasteiger partial charge is 0.253 e. The summed E-state index contributed by atoms with van der Waals surface area (Å²) in [5.74, 6) is 0.526. The average molecular weight is 333 g/mol. The van der Waals surface area contributed by atoms with Crippen molar-refractivity contribution < 1.29 is 9.59 Å². The maximum absolute atomic E-state index is 12.7. The van der Waals surface area contributed by atoms with Crippen molar-refractivity contribution in [3.05, 3.63) is 23.8 Å². The highest BCUT2D eigenvalue weighted by molar-refractivity contribution is 8.00. The number of nitrogens with one attached hydrogen (secondary N) is 1. The van der Waals surface area contributed by atoms with Crippen molar-refractivity contribution in [1.29, 1.82) is 0 Å². The molecule has 0 aliphatic carbocycles. The third-order valence-corrected chi connectivity index (χ3v) is 5.91. The number of anilines is 1. The SMILES string of the molecule is CC1Sc2ccc(C(=O)N3CCC(C(C)N)CC3)cc2NC1=O. The third-order valence-electron chi connectivity index (χ3n) is 4.73. The summed E-state index contributed by atoms with van der Waals surface area (Å²) in [5, 5.41) is 2.79. The van der Waals surface area contributed by atoms with Crippen molar-refractivity contribution in [1.82, 2.24) is 4.90 Å². The van der Waals surface area contributed by atoms with Gasteiger partial charge in [0, 0.05) is 29.6 Å². The Hall–Kier alpha value is -1.53. The van der Waals surface area contributed by atoms with E-state index in [1.807, 2.05) is 30.9 Å². The van der Waals surface area contributed by atoms with Crippen LogP contribution in [0.4, 0.5) is 5.69 Å². The second-order valence-corrected chi connectivity index (χ2v) is 7.83. The Balaban J connectivity index is 1.72. The number of nitrogens with two attached hydrogens (primary N) is 1. The molecule has 2 aliphatic rings. The van der Waals surface area contributed by atoms with Gasteiger partial charge < -0.3 is 16.0 Å². The molecule has 23 heavy (non-hydrogen) atoms. The van der Waals surface area contributed by atoms with Crippen molar-refractivity contribution in [2.75, 3.05) is 18.4 Å². The summed E-state index contributed by atoms with van der Waals surface area (Å²) >= 11 is 1.53. The van der Waals surface area contributed by atoms with Gasteiger partial charge in [0.15, 0.2) is 0 Å². The van der Waals surface area contributed by atoms with Gasteiger partial charge in [0.05, 0.1) is 10.9 Å². The Morgan fingerprint density at radius 1 is 1.39 bits per heavy atom. The first-order valence-corrected chi connectivity index (χ1v) is 9.00. The van der Waals surface area contributed by atoms with Crippen LogP contribution in [-0.4, -0.2) is 41.1 Å². The molecular formula is C17H23N3O2S. The van der Waals surface area contributed by atoms with Crippen LogP contribution >= 0.6 is 11.8 Å². The summed E-state index contributed by atoms with van der Waals surface area (Å²) in [5.41, 5.74) is 7.34. The molecule has 3 rings (SSSR count). The molecule has 1 aromatic rings. The number of amides is 2. The van der Waals surface area contributed by atoms with Crippen LogP contribution in [0, 0.1) is 5.92 Å². The maximum atomic E-state index is 12.7. The number of carbonyl (C=O) groups is 2. The van der Waals surface area contributed by atoms with E-state index in [2.05, 4.69) is 5.32 Å². The lowest BCUT2D eigenvalue weighted by atomic mass is 9.90. The van der Waals surface area contributed by atoms with E-state index in [0.717, 1.165) is 36.5 Å². The van der Waals surface area contributed by atoms with E-state index in [0.29, 0.717) is 11.5 Å². The average Bonchev–Trinajstić information content (AvgIpc) is 2.55. The van der Waals surface area contributed by atoms with Crippen LogP contribution in [0.15, 0.2) is 23.1 Å². The molecule has 0 saturated carbocycles. The second kappa shape index (κ2) is 6.53. The highest BCUT2D eigenvalue weighted by atomic mass is 32.2. The van der Waals surface area contributed by atoms with E-state index < -0.39 is 0 Å². The van der Waals surface area contributed by atoms with Gasteiger partial charge in [-0.3, -0.25) is 9.59 Å². The lowest BCUT2D eigenvalue weighted by Crippen LogP contribution is -2.42. The van der Waals surface area contributed by atoms with Gasteiger partial charge in [0.1, 0.15) is 0 Å². The Bertz CT molecular complexity index is 624. The zero-order chi connectivity index (χ0) is 16.6. The summed E-state index contributed by atoms with van der Waals surface area (Å²) in [6.07, 6.45) is 1.91. The molecule has 2 atom stereocenters. The summed E-state index contributed by atoms with van der Waals surface area (Å²) in [6.45, 7) is 5.41. The minimum atomic E-state index is -0.0960. The number of piperidine rings is 1. The predicted octanol–water partition coefficient (Wildman–Crippen LogP) is 2.32. The molecule has 0 bridgehead atoms. The first-order chi connectivity index (χ1) is 11.0. The van der Waals surface area contributed by atoms with Gasteiger partial charge in [-0.15, -0.1) is 11.8 Å². The number of carbonyl (C=O) groups excluding carboxylic acids is 2. The fourth-order valence-electron chi connectivity index (χ4n) is 3.15. The lowest BCUT2D eigenvalue weighted by Gasteiger charge is -2.34. The molecule has 124 valence electrons. The monoisotopic (exact) mass is 333 g/mol. The Labute approximate surface area is 141 Å². The Morgan fingerprint density at radius 2 is 2.09 bits per heavy atom. The van der Waals surface area contributed by atoms with Crippen LogP contribution in [0.25, 0.3) is 0 Å². The summed E-state index contributed by atoms with van der Waals surface area (Å²) in [6, 6.07) is 5.77. The van der Waals surface area contributed by atoms with Crippen molar-refractivity contribution >= 4 is 29.3 Å². The van der Waals surface area contributed by atoms with E-state index >= 15 is 0 Å². The molecule has 2 heterocycles. The van der Waals surface area contributed by atoms with Crippen LogP contribution in [0.3, 0.4) is 0 Å². The number of thioether (sulfide) groups is 1. The minimum absolute atomic E-state index is 0.00940. The molecule has 1 fully saturated rings. The first kappa shape index (κ1) is 16.3. The Kier molecular flexibility index (Phi) is 4.64. The molecule has 2 amide bonds.